The SMILES string of the molecule is COc1ccc(Nc2nc(Nc3ccc(OC)cc3)c3ccccc3n2)cc1.[Cl-]. The zero-order valence-corrected chi connectivity index (χ0v) is 16.8. The summed E-state index contributed by atoms with van der Waals surface area (Å²) in [5.41, 5.74) is 2.65. The molecule has 2 N–H and O–H groups in total. The first-order chi connectivity index (χ1) is 13.7. The Morgan fingerprint density at radius 3 is 1.79 bits per heavy atom. The predicted octanol–water partition coefficient (Wildman–Crippen LogP) is 2.14. The van der Waals surface area contributed by atoms with Gasteiger partial charge in [0, 0.05) is 16.8 Å². The minimum absolute atomic E-state index is 0. The minimum atomic E-state index is 0. The third-order valence-electron chi connectivity index (χ3n) is 4.30. The number of nitrogens with one attached hydrogen (secondary N) is 2. The maximum absolute atomic E-state index is 5.22. The molecule has 0 aliphatic carbocycles. The summed E-state index contributed by atoms with van der Waals surface area (Å²) < 4.78 is 10.4. The Labute approximate surface area is 175 Å². The summed E-state index contributed by atoms with van der Waals surface area (Å²) in [6.45, 7) is 0. The van der Waals surface area contributed by atoms with Crippen molar-refractivity contribution in [2.45, 2.75) is 0 Å². The van der Waals surface area contributed by atoms with Crippen LogP contribution in [0.3, 0.4) is 0 Å². The average Bonchev–Trinajstić information content (AvgIpc) is 2.75. The Morgan fingerprint density at radius 1 is 0.655 bits per heavy atom. The number of para-hydroxylation sites is 1. The first-order valence-electron chi connectivity index (χ1n) is 8.84. The van der Waals surface area contributed by atoms with Gasteiger partial charge in [-0.3, -0.25) is 0 Å². The lowest BCUT2D eigenvalue weighted by Gasteiger charge is -2.12. The van der Waals surface area contributed by atoms with E-state index in [0.717, 1.165) is 39.6 Å². The van der Waals surface area contributed by atoms with E-state index in [1.165, 1.54) is 0 Å². The van der Waals surface area contributed by atoms with Crippen molar-refractivity contribution in [3.8, 4) is 11.5 Å². The number of halogens is 1. The monoisotopic (exact) mass is 407 g/mol. The molecule has 0 bridgehead atoms. The largest absolute Gasteiger partial charge is 1.00 e. The molecule has 0 amide bonds. The number of anilines is 4. The van der Waals surface area contributed by atoms with Gasteiger partial charge in [0.15, 0.2) is 0 Å². The standard InChI is InChI=1S/C22H20N4O2.ClH/c1-27-17-11-7-15(8-12-17)23-21-19-5-3-4-6-20(19)25-22(26-21)24-16-9-13-18(28-2)14-10-16;/h3-14H,1-2H3,(H2,23,24,25,26);1H/p-1. The molecule has 0 unspecified atom stereocenters. The summed E-state index contributed by atoms with van der Waals surface area (Å²) in [5, 5.41) is 7.57. The zero-order valence-electron chi connectivity index (χ0n) is 16.0. The van der Waals surface area contributed by atoms with Crippen LogP contribution in [0.5, 0.6) is 11.5 Å². The van der Waals surface area contributed by atoms with Crippen LogP contribution in [0, 0.1) is 0 Å². The Bertz CT molecular complexity index is 1090. The zero-order chi connectivity index (χ0) is 19.3. The normalized spacial score (nSPS) is 10.1. The fourth-order valence-corrected chi connectivity index (χ4v) is 2.84. The van der Waals surface area contributed by atoms with E-state index in [0.29, 0.717) is 5.95 Å². The van der Waals surface area contributed by atoms with Crippen LogP contribution in [-0.4, -0.2) is 24.2 Å². The molecule has 29 heavy (non-hydrogen) atoms. The topological polar surface area (TPSA) is 68.3 Å². The van der Waals surface area contributed by atoms with Crippen molar-refractivity contribution < 1.29 is 21.9 Å². The number of hydrogen-bond donors (Lipinski definition) is 2. The highest BCUT2D eigenvalue weighted by molar-refractivity contribution is 5.92. The molecule has 4 aromatic rings. The van der Waals surface area contributed by atoms with Crippen LogP contribution in [0.15, 0.2) is 72.8 Å². The maximum atomic E-state index is 5.22. The Kier molecular flexibility index (Phi) is 6.36. The van der Waals surface area contributed by atoms with Crippen LogP contribution in [-0.2, 0) is 0 Å². The average molecular weight is 408 g/mol. The fraction of sp³-hybridized carbons (Fsp3) is 0.0909. The molecular formula is C22H20ClN4O2-. The lowest BCUT2D eigenvalue weighted by molar-refractivity contribution is -0.00000632. The van der Waals surface area contributed by atoms with Crippen LogP contribution in [0.25, 0.3) is 10.9 Å². The van der Waals surface area contributed by atoms with E-state index in [1.807, 2.05) is 72.8 Å². The molecule has 0 aliphatic rings. The summed E-state index contributed by atoms with van der Waals surface area (Å²) in [5.74, 6) is 2.85. The molecule has 1 aromatic heterocycles. The molecule has 0 atom stereocenters. The first-order valence-corrected chi connectivity index (χ1v) is 8.84. The number of fused-ring (bicyclic) bond motifs is 1. The van der Waals surface area contributed by atoms with Crippen molar-refractivity contribution in [3.63, 3.8) is 0 Å². The van der Waals surface area contributed by atoms with E-state index in [1.54, 1.807) is 14.2 Å². The molecule has 6 nitrogen and oxygen atoms in total. The van der Waals surface area contributed by atoms with E-state index in [2.05, 4.69) is 20.6 Å². The van der Waals surface area contributed by atoms with Gasteiger partial charge >= 0.3 is 0 Å². The molecule has 0 spiro atoms. The fourth-order valence-electron chi connectivity index (χ4n) is 2.84. The lowest BCUT2D eigenvalue weighted by atomic mass is 10.2. The lowest BCUT2D eigenvalue weighted by Crippen LogP contribution is -3.00. The van der Waals surface area contributed by atoms with E-state index in [-0.39, 0.29) is 12.4 Å². The molecule has 4 rings (SSSR count). The van der Waals surface area contributed by atoms with Crippen molar-refractivity contribution in [2.75, 3.05) is 24.9 Å². The molecule has 0 saturated carbocycles. The van der Waals surface area contributed by atoms with Crippen molar-refractivity contribution >= 4 is 34.0 Å². The van der Waals surface area contributed by atoms with Crippen LogP contribution in [0.1, 0.15) is 0 Å². The van der Waals surface area contributed by atoms with Crippen LogP contribution in [0.2, 0.25) is 0 Å². The van der Waals surface area contributed by atoms with Gasteiger partial charge in [-0.25, -0.2) is 4.98 Å². The van der Waals surface area contributed by atoms with Crippen molar-refractivity contribution in [1.29, 1.82) is 0 Å². The van der Waals surface area contributed by atoms with E-state index in [4.69, 9.17) is 9.47 Å². The summed E-state index contributed by atoms with van der Waals surface area (Å²) in [7, 11) is 3.30. The van der Waals surface area contributed by atoms with Gasteiger partial charge in [0.25, 0.3) is 0 Å². The van der Waals surface area contributed by atoms with E-state index < -0.39 is 0 Å². The number of hydrogen-bond acceptors (Lipinski definition) is 6. The molecule has 0 saturated heterocycles. The highest BCUT2D eigenvalue weighted by atomic mass is 35.5. The number of methoxy groups -OCH3 is 2. The molecule has 7 heteroatoms. The van der Waals surface area contributed by atoms with Gasteiger partial charge in [0.1, 0.15) is 17.3 Å². The van der Waals surface area contributed by atoms with Crippen LogP contribution >= 0.6 is 0 Å². The van der Waals surface area contributed by atoms with Crippen molar-refractivity contribution in [1.82, 2.24) is 9.97 Å². The highest BCUT2D eigenvalue weighted by Gasteiger charge is 2.09. The third kappa shape index (κ3) is 4.67. The van der Waals surface area contributed by atoms with Gasteiger partial charge in [-0.2, -0.15) is 4.98 Å². The van der Waals surface area contributed by atoms with Gasteiger partial charge in [-0.1, -0.05) is 12.1 Å². The molecule has 148 valence electrons. The molecule has 0 aliphatic heterocycles. The predicted molar refractivity (Wildman–Crippen MR) is 112 cm³/mol. The van der Waals surface area contributed by atoms with Gasteiger partial charge in [-0.15, -0.1) is 0 Å². The maximum Gasteiger partial charge on any atom is 0.229 e. The Balaban J connectivity index is 0.00000240. The van der Waals surface area contributed by atoms with Gasteiger partial charge in [-0.05, 0) is 60.7 Å². The minimum Gasteiger partial charge on any atom is -1.00 e. The molecule has 0 fully saturated rings. The third-order valence-corrected chi connectivity index (χ3v) is 4.30. The Hall–Kier alpha value is -3.51. The highest BCUT2D eigenvalue weighted by Crippen LogP contribution is 2.27. The molecule has 3 aromatic carbocycles. The molecular weight excluding hydrogens is 388 g/mol. The summed E-state index contributed by atoms with van der Waals surface area (Å²) in [4.78, 5) is 9.31. The second-order valence-electron chi connectivity index (χ2n) is 6.12. The number of nitrogens with zero attached hydrogens (tertiary/aromatic N) is 2. The Morgan fingerprint density at radius 2 is 1.21 bits per heavy atom. The number of aromatic nitrogens is 2. The van der Waals surface area contributed by atoms with Crippen molar-refractivity contribution in [3.05, 3.63) is 72.8 Å². The van der Waals surface area contributed by atoms with Crippen LogP contribution < -0.4 is 32.5 Å². The summed E-state index contributed by atoms with van der Waals surface area (Å²) >= 11 is 0. The summed E-state index contributed by atoms with van der Waals surface area (Å²) in [6, 6.07) is 23.2. The van der Waals surface area contributed by atoms with Gasteiger partial charge in [0.2, 0.25) is 5.95 Å². The number of rotatable bonds is 6. The summed E-state index contributed by atoms with van der Waals surface area (Å²) in [6.07, 6.45) is 0. The van der Waals surface area contributed by atoms with E-state index in [9.17, 15) is 0 Å². The number of benzene rings is 3. The second-order valence-corrected chi connectivity index (χ2v) is 6.12. The quantitative estimate of drug-likeness (QED) is 0.510. The van der Waals surface area contributed by atoms with E-state index >= 15 is 0 Å². The second kappa shape index (κ2) is 9.12. The molecule has 0 radical (unpaired) electrons. The smallest absolute Gasteiger partial charge is 0.229 e. The number of ether oxygens (including phenoxy) is 2. The first kappa shape index (κ1) is 20.2. The van der Waals surface area contributed by atoms with Crippen molar-refractivity contribution in [2.24, 2.45) is 0 Å². The van der Waals surface area contributed by atoms with Crippen LogP contribution in [0.4, 0.5) is 23.1 Å². The molecule has 1 heterocycles. The van der Waals surface area contributed by atoms with Gasteiger partial charge in [0.05, 0.1) is 19.7 Å². The van der Waals surface area contributed by atoms with Gasteiger partial charge < -0.3 is 32.5 Å².